The number of hydrogen-bond donors (Lipinski definition) is 2. The van der Waals surface area contributed by atoms with Gasteiger partial charge in [-0.1, -0.05) is 6.92 Å². The number of nitrogens with one attached hydrogen (secondary N) is 1. The van der Waals surface area contributed by atoms with Gasteiger partial charge in [-0.3, -0.25) is 5.01 Å². The standard InChI is InChI=1S/C17H23N5S/c1-9-2-5-13-12(6-9)14-15(23-13)16(20-17(18)19-14)22-8-10-3-4-11(7-10)21-22/h9-11,21H,2-8H2,1H3,(H2,18,19,20). The molecule has 3 aliphatic rings. The Labute approximate surface area is 140 Å². The molecule has 1 aliphatic heterocycles. The molecular weight excluding hydrogens is 306 g/mol. The molecule has 0 aromatic carbocycles. The minimum atomic E-state index is 0.408. The van der Waals surface area contributed by atoms with Crippen molar-refractivity contribution in [2.45, 2.75) is 51.5 Å². The molecule has 23 heavy (non-hydrogen) atoms. The van der Waals surface area contributed by atoms with Crippen LogP contribution in [0.4, 0.5) is 11.8 Å². The molecule has 3 unspecified atom stereocenters. The molecule has 5 nitrogen and oxygen atoms in total. The van der Waals surface area contributed by atoms with Crippen molar-refractivity contribution in [3.8, 4) is 0 Å². The van der Waals surface area contributed by atoms with Crippen molar-refractivity contribution in [2.24, 2.45) is 11.8 Å². The van der Waals surface area contributed by atoms with Gasteiger partial charge in [0.15, 0.2) is 5.82 Å². The Balaban J connectivity index is 1.64. The van der Waals surface area contributed by atoms with Crippen LogP contribution < -0.4 is 16.2 Å². The van der Waals surface area contributed by atoms with Gasteiger partial charge in [-0.2, -0.15) is 4.98 Å². The van der Waals surface area contributed by atoms with Crippen molar-refractivity contribution in [3.05, 3.63) is 10.4 Å². The molecule has 1 saturated carbocycles. The molecule has 2 bridgehead atoms. The fraction of sp³-hybridized carbons (Fsp3) is 0.647. The lowest BCUT2D eigenvalue weighted by Gasteiger charge is -2.33. The lowest BCUT2D eigenvalue weighted by molar-refractivity contribution is 0.391. The quantitative estimate of drug-likeness (QED) is 0.842. The SMILES string of the molecule is CC1CCc2sc3c(N4CC5CCC(C5)N4)nc(N)nc3c2C1. The first kappa shape index (κ1) is 14.0. The Morgan fingerprint density at radius 3 is 3.04 bits per heavy atom. The van der Waals surface area contributed by atoms with Crippen molar-refractivity contribution < 1.29 is 0 Å². The summed E-state index contributed by atoms with van der Waals surface area (Å²) in [5, 5.41) is 2.26. The van der Waals surface area contributed by atoms with Crippen LogP contribution in [0.3, 0.4) is 0 Å². The smallest absolute Gasteiger partial charge is 0.222 e. The van der Waals surface area contributed by atoms with Crippen LogP contribution >= 0.6 is 11.3 Å². The van der Waals surface area contributed by atoms with Crippen molar-refractivity contribution in [1.29, 1.82) is 0 Å². The van der Waals surface area contributed by atoms with Gasteiger partial charge in [-0.05, 0) is 55.9 Å². The van der Waals surface area contributed by atoms with Crippen LogP contribution in [0.15, 0.2) is 0 Å². The number of nitrogen functional groups attached to an aromatic ring is 1. The van der Waals surface area contributed by atoms with Gasteiger partial charge in [0.25, 0.3) is 0 Å². The molecule has 2 aliphatic carbocycles. The Kier molecular flexibility index (Phi) is 3.07. The lowest BCUT2D eigenvalue weighted by Crippen LogP contribution is -2.49. The second kappa shape index (κ2) is 5.05. The Hall–Kier alpha value is -1.40. The molecule has 5 rings (SSSR count). The monoisotopic (exact) mass is 329 g/mol. The van der Waals surface area contributed by atoms with E-state index in [2.05, 4.69) is 27.3 Å². The highest BCUT2D eigenvalue weighted by Crippen LogP contribution is 2.42. The number of hydrogen-bond acceptors (Lipinski definition) is 6. The van der Waals surface area contributed by atoms with Gasteiger partial charge in [0.05, 0.1) is 10.2 Å². The van der Waals surface area contributed by atoms with Crippen LogP contribution in [-0.4, -0.2) is 22.6 Å². The first-order valence-corrected chi connectivity index (χ1v) is 9.60. The lowest BCUT2D eigenvalue weighted by atomic mass is 9.89. The number of thiophene rings is 1. The molecule has 6 heteroatoms. The highest BCUT2D eigenvalue weighted by molar-refractivity contribution is 7.19. The molecule has 0 radical (unpaired) electrons. The van der Waals surface area contributed by atoms with Gasteiger partial charge in [0, 0.05) is 17.5 Å². The highest BCUT2D eigenvalue weighted by Gasteiger charge is 2.34. The van der Waals surface area contributed by atoms with Crippen LogP contribution in [0.25, 0.3) is 10.2 Å². The molecule has 3 N–H and O–H groups in total. The van der Waals surface area contributed by atoms with Crippen LogP contribution in [0.5, 0.6) is 0 Å². The number of anilines is 2. The number of rotatable bonds is 1. The van der Waals surface area contributed by atoms with Crippen LogP contribution in [0.2, 0.25) is 0 Å². The summed E-state index contributed by atoms with van der Waals surface area (Å²) in [6, 6.07) is 0.606. The Bertz CT molecular complexity index is 758. The van der Waals surface area contributed by atoms with E-state index in [4.69, 9.17) is 5.73 Å². The number of nitrogens with two attached hydrogens (primary N) is 1. The van der Waals surface area contributed by atoms with Gasteiger partial charge >= 0.3 is 0 Å². The third kappa shape index (κ3) is 2.22. The van der Waals surface area contributed by atoms with E-state index in [0.717, 1.165) is 36.1 Å². The van der Waals surface area contributed by atoms with E-state index in [9.17, 15) is 0 Å². The Morgan fingerprint density at radius 2 is 2.17 bits per heavy atom. The summed E-state index contributed by atoms with van der Waals surface area (Å²) in [5.74, 6) is 2.95. The third-order valence-corrected chi connectivity index (χ3v) is 6.98. The second-order valence-electron chi connectivity index (χ2n) is 7.55. The number of fused-ring (bicyclic) bond motifs is 5. The fourth-order valence-corrected chi connectivity index (χ4v) is 5.81. The number of aromatic nitrogens is 2. The number of nitrogens with zero attached hydrogens (tertiary/aromatic N) is 3. The van der Waals surface area contributed by atoms with E-state index in [1.165, 1.54) is 47.2 Å². The van der Waals surface area contributed by atoms with Crippen molar-refractivity contribution >= 4 is 33.3 Å². The van der Waals surface area contributed by atoms with Crippen LogP contribution in [-0.2, 0) is 12.8 Å². The molecule has 3 atom stereocenters. The van der Waals surface area contributed by atoms with E-state index in [1.807, 2.05) is 11.3 Å². The van der Waals surface area contributed by atoms with Crippen LogP contribution in [0.1, 0.15) is 43.0 Å². The predicted octanol–water partition coefficient (Wildman–Crippen LogP) is 2.89. The maximum Gasteiger partial charge on any atom is 0.222 e. The molecule has 3 heterocycles. The maximum absolute atomic E-state index is 6.07. The second-order valence-corrected chi connectivity index (χ2v) is 8.66. The summed E-state index contributed by atoms with van der Waals surface area (Å²) < 4.78 is 1.23. The van der Waals surface area contributed by atoms with Gasteiger partial charge in [0.2, 0.25) is 5.95 Å². The zero-order valence-corrected chi connectivity index (χ0v) is 14.3. The zero-order chi connectivity index (χ0) is 15.6. The topological polar surface area (TPSA) is 67.1 Å². The summed E-state index contributed by atoms with van der Waals surface area (Å²) in [4.78, 5) is 10.7. The summed E-state index contributed by atoms with van der Waals surface area (Å²) in [5.41, 5.74) is 12.3. The molecule has 2 fully saturated rings. The molecular formula is C17H23N5S. The van der Waals surface area contributed by atoms with E-state index in [-0.39, 0.29) is 0 Å². The summed E-state index contributed by atoms with van der Waals surface area (Å²) in [6.45, 7) is 3.38. The minimum Gasteiger partial charge on any atom is -0.368 e. The first-order chi connectivity index (χ1) is 11.2. The molecule has 2 aromatic rings. The molecule has 0 spiro atoms. The largest absolute Gasteiger partial charge is 0.368 e. The average molecular weight is 329 g/mol. The summed E-state index contributed by atoms with van der Waals surface area (Å²) in [6.07, 6.45) is 7.50. The van der Waals surface area contributed by atoms with Gasteiger partial charge < -0.3 is 5.73 Å². The van der Waals surface area contributed by atoms with Gasteiger partial charge in [-0.25, -0.2) is 10.4 Å². The summed E-state index contributed by atoms with van der Waals surface area (Å²) >= 11 is 1.89. The number of aryl methyl sites for hydroxylation is 1. The predicted molar refractivity (Wildman–Crippen MR) is 94.6 cm³/mol. The molecule has 1 saturated heterocycles. The molecule has 0 amide bonds. The maximum atomic E-state index is 6.07. The zero-order valence-electron chi connectivity index (χ0n) is 13.5. The Morgan fingerprint density at radius 1 is 1.26 bits per heavy atom. The van der Waals surface area contributed by atoms with Crippen molar-refractivity contribution in [3.63, 3.8) is 0 Å². The van der Waals surface area contributed by atoms with Crippen molar-refractivity contribution in [2.75, 3.05) is 17.3 Å². The minimum absolute atomic E-state index is 0.408. The number of hydrazine groups is 1. The fourth-order valence-electron chi connectivity index (χ4n) is 4.53. The van der Waals surface area contributed by atoms with E-state index < -0.39 is 0 Å². The molecule has 2 aromatic heterocycles. The summed E-state index contributed by atoms with van der Waals surface area (Å²) in [7, 11) is 0. The van der Waals surface area contributed by atoms with E-state index in [0.29, 0.717) is 12.0 Å². The first-order valence-electron chi connectivity index (χ1n) is 8.79. The van der Waals surface area contributed by atoms with Crippen LogP contribution in [0, 0.1) is 11.8 Å². The van der Waals surface area contributed by atoms with E-state index in [1.54, 1.807) is 0 Å². The van der Waals surface area contributed by atoms with Gasteiger partial charge in [-0.15, -0.1) is 11.3 Å². The van der Waals surface area contributed by atoms with Gasteiger partial charge in [0.1, 0.15) is 0 Å². The molecule has 122 valence electrons. The third-order valence-electron chi connectivity index (χ3n) is 5.71. The average Bonchev–Trinajstić information content (AvgIpc) is 3.06. The highest BCUT2D eigenvalue weighted by atomic mass is 32.1. The normalized spacial score (nSPS) is 30.0. The van der Waals surface area contributed by atoms with Crippen molar-refractivity contribution in [1.82, 2.24) is 15.4 Å². The van der Waals surface area contributed by atoms with E-state index >= 15 is 0 Å².